The van der Waals surface area contributed by atoms with Crippen molar-refractivity contribution < 1.29 is 18.3 Å². The van der Waals surface area contributed by atoms with Crippen LogP contribution in [0.1, 0.15) is 11.6 Å². The molecule has 1 aromatic carbocycles. The molecule has 0 aliphatic rings. The zero-order valence-corrected chi connectivity index (χ0v) is 9.35. The summed E-state index contributed by atoms with van der Waals surface area (Å²) in [7, 11) is 1.09. The topological polar surface area (TPSA) is 52.3 Å². The van der Waals surface area contributed by atoms with Crippen LogP contribution in [0.2, 0.25) is 0 Å². The summed E-state index contributed by atoms with van der Waals surface area (Å²) in [4.78, 5) is 11.0. The van der Waals surface area contributed by atoms with Gasteiger partial charge in [-0.1, -0.05) is 15.9 Å². The molecule has 0 saturated heterocycles. The van der Waals surface area contributed by atoms with Crippen molar-refractivity contribution in [3.05, 3.63) is 33.8 Å². The minimum Gasteiger partial charge on any atom is -0.468 e. The van der Waals surface area contributed by atoms with E-state index in [0.29, 0.717) is 0 Å². The summed E-state index contributed by atoms with van der Waals surface area (Å²) < 4.78 is 31.1. The van der Waals surface area contributed by atoms with Crippen LogP contribution in [0, 0.1) is 11.6 Å². The third-order valence-electron chi connectivity index (χ3n) is 1.81. The van der Waals surface area contributed by atoms with Crippen LogP contribution in [-0.4, -0.2) is 13.1 Å². The van der Waals surface area contributed by atoms with E-state index in [4.69, 9.17) is 5.73 Å². The van der Waals surface area contributed by atoms with Gasteiger partial charge in [-0.05, 0) is 12.1 Å². The molecule has 0 heterocycles. The number of rotatable bonds is 2. The molecule has 1 rings (SSSR count). The van der Waals surface area contributed by atoms with Crippen LogP contribution < -0.4 is 5.73 Å². The fourth-order valence-corrected chi connectivity index (χ4v) is 1.50. The van der Waals surface area contributed by atoms with Gasteiger partial charge in [0.15, 0.2) is 0 Å². The van der Waals surface area contributed by atoms with E-state index in [9.17, 15) is 13.6 Å². The van der Waals surface area contributed by atoms with E-state index in [1.807, 2.05) is 0 Å². The van der Waals surface area contributed by atoms with E-state index < -0.39 is 29.2 Å². The van der Waals surface area contributed by atoms with Gasteiger partial charge in [-0.15, -0.1) is 0 Å². The smallest absolute Gasteiger partial charge is 0.327 e. The lowest BCUT2D eigenvalue weighted by Gasteiger charge is -2.11. The quantitative estimate of drug-likeness (QED) is 0.842. The van der Waals surface area contributed by atoms with E-state index in [-0.39, 0.29) is 4.47 Å². The molecule has 3 nitrogen and oxygen atoms in total. The van der Waals surface area contributed by atoms with E-state index >= 15 is 0 Å². The van der Waals surface area contributed by atoms with Gasteiger partial charge >= 0.3 is 5.97 Å². The summed E-state index contributed by atoms with van der Waals surface area (Å²) in [5.74, 6) is -2.67. The molecule has 1 aromatic rings. The summed E-state index contributed by atoms with van der Waals surface area (Å²) in [6.07, 6.45) is 0. The van der Waals surface area contributed by atoms with E-state index in [1.165, 1.54) is 0 Å². The van der Waals surface area contributed by atoms with E-state index in [1.54, 1.807) is 0 Å². The Kier molecular flexibility index (Phi) is 3.76. The SMILES string of the molecule is COC(=O)[C@H](N)c1c(F)cc(Br)cc1F. The number of carbonyl (C=O) groups excluding carboxylic acids is 1. The third kappa shape index (κ3) is 2.51. The van der Waals surface area contributed by atoms with Crippen molar-refractivity contribution in [2.24, 2.45) is 5.73 Å². The molecular formula is C9H8BrF2NO2. The highest BCUT2D eigenvalue weighted by Gasteiger charge is 2.24. The van der Waals surface area contributed by atoms with Crippen molar-refractivity contribution in [2.45, 2.75) is 6.04 Å². The monoisotopic (exact) mass is 279 g/mol. The van der Waals surface area contributed by atoms with Gasteiger partial charge in [0, 0.05) is 4.47 Å². The first kappa shape index (κ1) is 12.1. The number of hydrogen-bond donors (Lipinski definition) is 1. The summed E-state index contributed by atoms with van der Waals surface area (Å²) in [6.45, 7) is 0. The molecule has 0 aromatic heterocycles. The molecule has 6 heteroatoms. The van der Waals surface area contributed by atoms with Crippen LogP contribution in [0.25, 0.3) is 0 Å². The Morgan fingerprint density at radius 2 is 1.93 bits per heavy atom. The largest absolute Gasteiger partial charge is 0.468 e. The van der Waals surface area contributed by atoms with Crippen molar-refractivity contribution in [1.82, 2.24) is 0 Å². The molecule has 0 aliphatic carbocycles. The molecule has 1 atom stereocenters. The van der Waals surface area contributed by atoms with Crippen LogP contribution >= 0.6 is 15.9 Å². The van der Waals surface area contributed by atoms with Crippen LogP contribution in [0.4, 0.5) is 8.78 Å². The van der Waals surface area contributed by atoms with Crippen molar-refractivity contribution in [3.8, 4) is 0 Å². The first-order valence-corrected chi connectivity index (χ1v) is 4.74. The molecule has 0 spiro atoms. The van der Waals surface area contributed by atoms with Crippen molar-refractivity contribution in [2.75, 3.05) is 7.11 Å². The Balaban J connectivity index is 3.19. The first-order chi connectivity index (χ1) is 6.97. The van der Waals surface area contributed by atoms with Crippen LogP contribution in [0.5, 0.6) is 0 Å². The Bertz CT molecular complexity index is 375. The molecule has 0 saturated carbocycles. The Morgan fingerprint density at radius 1 is 1.47 bits per heavy atom. The molecule has 0 fully saturated rings. The van der Waals surface area contributed by atoms with E-state index in [0.717, 1.165) is 19.2 Å². The molecule has 0 aliphatic heterocycles. The highest BCUT2D eigenvalue weighted by molar-refractivity contribution is 9.10. The second kappa shape index (κ2) is 4.67. The fraction of sp³-hybridized carbons (Fsp3) is 0.222. The maximum Gasteiger partial charge on any atom is 0.327 e. The average molecular weight is 280 g/mol. The van der Waals surface area contributed by atoms with Crippen molar-refractivity contribution in [3.63, 3.8) is 0 Å². The normalized spacial score (nSPS) is 12.3. The molecule has 15 heavy (non-hydrogen) atoms. The lowest BCUT2D eigenvalue weighted by atomic mass is 10.1. The van der Waals surface area contributed by atoms with E-state index in [2.05, 4.69) is 20.7 Å². The number of benzene rings is 1. The summed E-state index contributed by atoms with van der Waals surface area (Å²) in [5, 5.41) is 0. The van der Waals surface area contributed by atoms with Gasteiger partial charge in [0.2, 0.25) is 0 Å². The van der Waals surface area contributed by atoms with Gasteiger partial charge in [-0.3, -0.25) is 4.79 Å². The van der Waals surface area contributed by atoms with Crippen molar-refractivity contribution >= 4 is 21.9 Å². The number of methoxy groups -OCH3 is 1. The third-order valence-corrected chi connectivity index (χ3v) is 2.27. The highest BCUT2D eigenvalue weighted by atomic mass is 79.9. The minimum absolute atomic E-state index is 0.235. The molecule has 0 radical (unpaired) electrons. The van der Waals surface area contributed by atoms with Crippen LogP contribution in [-0.2, 0) is 9.53 Å². The van der Waals surface area contributed by atoms with Crippen molar-refractivity contribution in [1.29, 1.82) is 0 Å². The molecule has 82 valence electrons. The standard InChI is InChI=1S/C9H8BrF2NO2/c1-15-9(14)8(13)7-5(11)2-4(10)3-6(7)12/h2-3,8H,13H2,1H3/t8-/m1/s1. The molecular weight excluding hydrogens is 272 g/mol. The van der Waals surface area contributed by atoms with Gasteiger partial charge in [0.25, 0.3) is 0 Å². The van der Waals surface area contributed by atoms with Gasteiger partial charge in [0.1, 0.15) is 17.7 Å². The Morgan fingerprint density at radius 3 is 2.33 bits per heavy atom. The van der Waals surface area contributed by atoms with Gasteiger partial charge in [-0.2, -0.15) is 0 Å². The summed E-state index contributed by atoms with van der Waals surface area (Å²) in [5.41, 5.74) is 4.84. The maximum absolute atomic E-state index is 13.3. The Hall–Kier alpha value is -1.01. The lowest BCUT2D eigenvalue weighted by Crippen LogP contribution is -2.24. The predicted molar refractivity (Wildman–Crippen MR) is 53.0 cm³/mol. The summed E-state index contributed by atoms with van der Waals surface area (Å²) >= 11 is 2.91. The fourth-order valence-electron chi connectivity index (χ4n) is 1.10. The molecule has 0 amide bonds. The number of nitrogens with two attached hydrogens (primary N) is 1. The van der Waals surface area contributed by atoms with Gasteiger partial charge in [-0.25, -0.2) is 8.78 Å². The van der Waals surface area contributed by atoms with Gasteiger partial charge < -0.3 is 10.5 Å². The minimum atomic E-state index is -1.46. The molecule has 0 unspecified atom stereocenters. The number of halogens is 3. The predicted octanol–water partition coefficient (Wildman–Crippen LogP) is 1.90. The zero-order chi connectivity index (χ0) is 11.6. The lowest BCUT2D eigenvalue weighted by molar-refractivity contribution is -0.142. The highest BCUT2D eigenvalue weighted by Crippen LogP contribution is 2.24. The molecule has 2 N–H and O–H groups in total. The second-order valence-electron chi connectivity index (χ2n) is 2.78. The van der Waals surface area contributed by atoms with Crippen LogP contribution in [0.15, 0.2) is 16.6 Å². The van der Waals surface area contributed by atoms with Gasteiger partial charge in [0.05, 0.1) is 12.7 Å². The Labute approximate surface area is 93.3 Å². The second-order valence-corrected chi connectivity index (χ2v) is 3.70. The molecule has 0 bridgehead atoms. The first-order valence-electron chi connectivity index (χ1n) is 3.95. The zero-order valence-electron chi connectivity index (χ0n) is 7.76. The number of carbonyl (C=O) groups is 1. The maximum atomic E-state index is 13.3. The average Bonchev–Trinajstić information content (AvgIpc) is 2.14. The number of esters is 1. The number of hydrogen-bond acceptors (Lipinski definition) is 3. The van der Waals surface area contributed by atoms with Crippen LogP contribution in [0.3, 0.4) is 0 Å². The summed E-state index contributed by atoms with van der Waals surface area (Å²) in [6, 6.07) is 0.603. The number of ether oxygens (including phenoxy) is 1.